The van der Waals surface area contributed by atoms with Crippen LogP contribution in [-0.4, -0.2) is 20.3 Å². The Morgan fingerprint density at radius 1 is 0.947 bits per heavy atom. The second-order valence-corrected chi connectivity index (χ2v) is 9.56. The Labute approximate surface area is 216 Å². The minimum absolute atomic E-state index is 0.105. The molecular weight excluding hydrogens is 500 g/mol. The highest BCUT2D eigenvalue weighted by Crippen LogP contribution is 2.32. The summed E-state index contributed by atoms with van der Waals surface area (Å²) < 4.78 is 56.2. The third-order valence-corrected chi connectivity index (χ3v) is 6.18. The molecular formula is C28H26F4N4O2. The van der Waals surface area contributed by atoms with Gasteiger partial charge in [-0.2, -0.15) is 13.2 Å². The Balaban J connectivity index is 1.64. The predicted molar refractivity (Wildman–Crippen MR) is 135 cm³/mol. The van der Waals surface area contributed by atoms with Crippen LogP contribution >= 0.6 is 0 Å². The number of rotatable bonds is 7. The van der Waals surface area contributed by atoms with Gasteiger partial charge < -0.3 is 5.32 Å². The zero-order chi connectivity index (χ0) is 27.7. The van der Waals surface area contributed by atoms with E-state index in [9.17, 15) is 27.2 Å². The van der Waals surface area contributed by atoms with Gasteiger partial charge in [0.25, 0.3) is 0 Å². The van der Waals surface area contributed by atoms with Crippen molar-refractivity contribution in [2.45, 2.75) is 45.6 Å². The molecule has 0 atom stereocenters. The largest absolute Gasteiger partial charge is 0.416 e. The van der Waals surface area contributed by atoms with Crippen molar-refractivity contribution in [2.24, 2.45) is 0 Å². The number of aryl methyl sites for hydroxylation is 1. The molecule has 0 aliphatic heterocycles. The molecule has 0 fully saturated rings. The average Bonchev–Trinajstić information content (AvgIpc) is 3.15. The van der Waals surface area contributed by atoms with E-state index in [0.717, 1.165) is 22.4 Å². The van der Waals surface area contributed by atoms with Gasteiger partial charge in [0.2, 0.25) is 5.91 Å². The number of hydrogen-bond donors (Lipinski definition) is 1. The van der Waals surface area contributed by atoms with Crippen molar-refractivity contribution < 1.29 is 22.4 Å². The lowest BCUT2D eigenvalue weighted by molar-refractivity contribution is -0.137. The smallest absolute Gasteiger partial charge is 0.346 e. The minimum Gasteiger partial charge on any atom is -0.346 e. The third-order valence-electron chi connectivity index (χ3n) is 6.18. The van der Waals surface area contributed by atoms with Crippen LogP contribution < -0.4 is 11.0 Å². The van der Waals surface area contributed by atoms with Crippen LogP contribution in [0, 0.1) is 12.7 Å². The molecule has 0 radical (unpaired) electrons. The van der Waals surface area contributed by atoms with Crippen molar-refractivity contribution in [3.8, 4) is 11.4 Å². The molecule has 0 aliphatic rings. The Morgan fingerprint density at radius 2 is 1.61 bits per heavy atom. The maximum Gasteiger partial charge on any atom is 0.416 e. The van der Waals surface area contributed by atoms with E-state index in [4.69, 9.17) is 0 Å². The number of hydrogen-bond acceptors (Lipinski definition) is 3. The number of nitrogens with one attached hydrogen (secondary N) is 1. The molecule has 0 bridgehead atoms. The molecule has 6 nitrogen and oxygen atoms in total. The SMILES string of the molecule is Cc1ccc(-c2nn(CC(=O)NC(C)(C)c3cccc(C(F)(F)F)c3)c(=O)n2Cc2ccccc2F)cc1. The molecule has 0 unspecified atom stereocenters. The van der Waals surface area contributed by atoms with Crippen LogP contribution in [0.25, 0.3) is 11.4 Å². The molecule has 4 aromatic rings. The lowest BCUT2D eigenvalue weighted by Crippen LogP contribution is -2.44. The standard InChI is InChI=1S/C28H26F4N4O2/c1-18-11-13-19(14-12-18)25-34-36(26(38)35(25)16-20-7-4-5-10-23(20)29)17-24(37)33-27(2,3)21-8-6-9-22(15-21)28(30,31)32/h4-15H,16-17H2,1-3H3,(H,33,37). The van der Waals surface area contributed by atoms with Gasteiger partial charge in [-0.05, 0) is 44.5 Å². The van der Waals surface area contributed by atoms with Gasteiger partial charge >= 0.3 is 11.9 Å². The highest BCUT2D eigenvalue weighted by Gasteiger charge is 2.32. The van der Waals surface area contributed by atoms with Crippen molar-refractivity contribution in [3.63, 3.8) is 0 Å². The Morgan fingerprint density at radius 3 is 2.26 bits per heavy atom. The number of carbonyl (C=O) groups is 1. The molecule has 1 aromatic heterocycles. The number of alkyl halides is 3. The van der Waals surface area contributed by atoms with Gasteiger partial charge in [-0.25, -0.2) is 13.9 Å². The van der Waals surface area contributed by atoms with Crippen molar-refractivity contribution >= 4 is 5.91 Å². The van der Waals surface area contributed by atoms with Crippen molar-refractivity contribution in [2.75, 3.05) is 0 Å². The van der Waals surface area contributed by atoms with E-state index in [1.165, 1.54) is 22.8 Å². The first kappa shape index (κ1) is 26.8. The van der Waals surface area contributed by atoms with Crippen molar-refractivity contribution in [1.29, 1.82) is 0 Å². The number of nitrogens with zero attached hydrogens (tertiary/aromatic N) is 3. The normalized spacial score (nSPS) is 12.0. The number of benzene rings is 3. The monoisotopic (exact) mass is 526 g/mol. The second kappa shape index (κ2) is 10.3. The molecule has 4 rings (SSSR count). The Bertz CT molecular complexity index is 1520. The van der Waals surface area contributed by atoms with Crippen LogP contribution in [0.1, 0.15) is 36.1 Å². The van der Waals surface area contributed by atoms with E-state index in [0.29, 0.717) is 5.56 Å². The molecule has 1 amide bonds. The lowest BCUT2D eigenvalue weighted by atomic mass is 9.92. The van der Waals surface area contributed by atoms with E-state index in [2.05, 4.69) is 10.4 Å². The first-order valence-corrected chi connectivity index (χ1v) is 11.8. The number of amides is 1. The van der Waals surface area contributed by atoms with Gasteiger partial charge in [-0.1, -0.05) is 60.2 Å². The van der Waals surface area contributed by atoms with Crippen LogP contribution in [-0.2, 0) is 29.6 Å². The minimum atomic E-state index is -4.53. The van der Waals surface area contributed by atoms with E-state index in [1.54, 1.807) is 44.2 Å². The molecule has 1 heterocycles. The number of halogens is 4. The molecule has 0 saturated heterocycles. The fourth-order valence-electron chi connectivity index (χ4n) is 4.08. The summed E-state index contributed by atoms with van der Waals surface area (Å²) in [5.41, 5.74) is -0.507. The Hall–Kier alpha value is -4.21. The third kappa shape index (κ3) is 5.85. The van der Waals surface area contributed by atoms with Gasteiger partial charge in [-0.15, -0.1) is 5.10 Å². The van der Waals surface area contributed by atoms with Gasteiger partial charge in [0.15, 0.2) is 5.82 Å². The molecule has 38 heavy (non-hydrogen) atoms. The molecule has 1 N–H and O–H groups in total. The quantitative estimate of drug-likeness (QED) is 0.333. The Kier molecular flexibility index (Phi) is 7.26. The van der Waals surface area contributed by atoms with Crippen LogP contribution in [0.5, 0.6) is 0 Å². The van der Waals surface area contributed by atoms with E-state index < -0.39 is 41.2 Å². The highest BCUT2D eigenvalue weighted by molar-refractivity contribution is 5.76. The molecule has 0 saturated carbocycles. The van der Waals surface area contributed by atoms with Crippen molar-refractivity contribution in [3.05, 3.63) is 111 Å². The molecule has 0 aliphatic carbocycles. The van der Waals surface area contributed by atoms with Crippen LogP contribution in [0.3, 0.4) is 0 Å². The summed E-state index contributed by atoms with van der Waals surface area (Å²) in [7, 11) is 0. The van der Waals surface area contributed by atoms with Crippen LogP contribution in [0.15, 0.2) is 77.6 Å². The van der Waals surface area contributed by atoms with E-state index in [1.807, 2.05) is 19.1 Å². The average molecular weight is 527 g/mol. The number of carbonyl (C=O) groups excluding carboxylic acids is 1. The van der Waals surface area contributed by atoms with Gasteiger partial charge in [0.1, 0.15) is 12.4 Å². The maximum atomic E-state index is 14.4. The summed E-state index contributed by atoms with van der Waals surface area (Å²) in [5.74, 6) is -0.855. The van der Waals surface area contributed by atoms with E-state index in [-0.39, 0.29) is 23.5 Å². The summed E-state index contributed by atoms with van der Waals surface area (Å²) in [6.07, 6.45) is -4.53. The maximum absolute atomic E-state index is 14.4. The predicted octanol–water partition coefficient (Wildman–Crippen LogP) is 5.28. The molecule has 3 aromatic carbocycles. The van der Waals surface area contributed by atoms with Gasteiger partial charge in [0, 0.05) is 11.1 Å². The van der Waals surface area contributed by atoms with Gasteiger partial charge in [0.05, 0.1) is 17.6 Å². The first-order valence-electron chi connectivity index (χ1n) is 11.8. The topological polar surface area (TPSA) is 68.9 Å². The highest BCUT2D eigenvalue weighted by atomic mass is 19.4. The first-order chi connectivity index (χ1) is 17.8. The van der Waals surface area contributed by atoms with Crippen LogP contribution in [0.2, 0.25) is 0 Å². The zero-order valence-corrected chi connectivity index (χ0v) is 21.0. The van der Waals surface area contributed by atoms with Gasteiger partial charge in [-0.3, -0.25) is 9.36 Å². The summed E-state index contributed by atoms with van der Waals surface area (Å²) in [4.78, 5) is 26.3. The lowest BCUT2D eigenvalue weighted by Gasteiger charge is -2.27. The summed E-state index contributed by atoms with van der Waals surface area (Å²) >= 11 is 0. The summed E-state index contributed by atoms with van der Waals surface area (Å²) in [6.45, 7) is 4.46. The fraction of sp³-hybridized carbons (Fsp3) is 0.250. The molecule has 198 valence electrons. The molecule has 10 heteroatoms. The number of aromatic nitrogens is 3. The summed E-state index contributed by atoms with van der Waals surface area (Å²) in [6, 6.07) is 18.0. The molecule has 0 spiro atoms. The van der Waals surface area contributed by atoms with E-state index >= 15 is 0 Å². The van der Waals surface area contributed by atoms with Crippen molar-refractivity contribution in [1.82, 2.24) is 19.7 Å². The fourth-order valence-corrected chi connectivity index (χ4v) is 4.08. The summed E-state index contributed by atoms with van der Waals surface area (Å²) in [5, 5.41) is 7.05. The van der Waals surface area contributed by atoms with Crippen LogP contribution in [0.4, 0.5) is 17.6 Å². The second-order valence-electron chi connectivity index (χ2n) is 9.56. The zero-order valence-electron chi connectivity index (χ0n) is 21.0.